The SMILES string of the molecule is CN(C)c1ccc(NC(=O)N2CSCC2=O)cc1. The lowest BCUT2D eigenvalue weighted by Crippen LogP contribution is -2.36. The van der Waals surface area contributed by atoms with Crippen molar-refractivity contribution in [3.05, 3.63) is 24.3 Å². The van der Waals surface area contributed by atoms with Crippen molar-refractivity contribution in [2.45, 2.75) is 0 Å². The van der Waals surface area contributed by atoms with Gasteiger partial charge in [-0.2, -0.15) is 0 Å². The van der Waals surface area contributed by atoms with Gasteiger partial charge >= 0.3 is 6.03 Å². The van der Waals surface area contributed by atoms with Gasteiger partial charge in [0.1, 0.15) is 0 Å². The van der Waals surface area contributed by atoms with Crippen LogP contribution in [0.3, 0.4) is 0 Å². The summed E-state index contributed by atoms with van der Waals surface area (Å²) in [6.07, 6.45) is 0. The van der Waals surface area contributed by atoms with E-state index in [1.54, 1.807) is 0 Å². The van der Waals surface area contributed by atoms with Gasteiger partial charge in [-0.05, 0) is 24.3 Å². The lowest BCUT2D eigenvalue weighted by atomic mass is 10.2. The van der Waals surface area contributed by atoms with Crippen molar-refractivity contribution >= 4 is 35.1 Å². The standard InChI is InChI=1S/C12H15N3O2S/c1-14(2)10-5-3-9(4-6-10)13-12(17)15-8-18-7-11(15)16/h3-6H,7-8H2,1-2H3,(H,13,17). The molecule has 1 heterocycles. The Kier molecular flexibility index (Phi) is 3.76. The van der Waals surface area contributed by atoms with Crippen LogP contribution in [0, 0.1) is 0 Å². The van der Waals surface area contributed by atoms with Crippen LogP contribution in [0.2, 0.25) is 0 Å². The van der Waals surface area contributed by atoms with Crippen molar-refractivity contribution < 1.29 is 9.59 Å². The monoisotopic (exact) mass is 265 g/mol. The highest BCUT2D eigenvalue weighted by Crippen LogP contribution is 2.19. The molecular formula is C12H15N3O2S. The van der Waals surface area contributed by atoms with Crippen LogP contribution >= 0.6 is 11.8 Å². The maximum absolute atomic E-state index is 11.8. The molecule has 3 amide bonds. The average Bonchev–Trinajstić information content (AvgIpc) is 2.76. The number of nitrogens with zero attached hydrogens (tertiary/aromatic N) is 2. The number of carbonyl (C=O) groups is 2. The van der Waals surface area contributed by atoms with E-state index in [1.807, 2.05) is 43.3 Å². The number of anilines is 2. The Bertz CT molecular complexity index is 459. The van der Waals surface area contributed by atoms with Gasteiger partial charge in [0.25, 0.3) is 0 Å². The van der Waals surface area contributed by atoms with Gasteiger partial charge in [-0.3, -0.25) is 9.69 Å². The zero-order valence-corrected chi connectivity index (χ0v) is 11.2. The number of urea groups is 1. The molecule has 0 aromatic heterocycles. The van der Waals surface area contributed by atoms with Crippen molar-refractivity contribution in [3.63, 3.8) is 0 Å². The minimum atomic E-state index is -0.359. The largest absolute Gasteiger partial charge is 0.378 e. The number of imide groups is 1. The molecule has 0 radical (unpaired) electrons. The molecule has 0 spiro atoms. The van der Waals surface area contributed by atoms with Crippen LogP contribution < -0.4 is 10.2 Å². The first kappa shape index (κ1) is 12.8. The fourth-order valence-corrected chi connectivity index (χ4v) is 2.45. The van der Waals surface area contributed by atoms with E-state index >= 15 is 0 Å². The normalized spacial score (nSPS) is 14.8. The molecule has 96 valence electrons. The number of hydrogen-bond acceptors (Lipinski definition) is 4. The van der Waals surface area contributed by atoms with Crippen LogP contribution in [0.15, 0.2) is 24.3 Å². The molecule has 1 aromatic carbocycles. The Hall–Kier alpha value is -1.69. The Morgan fingerprint density at radius 3 is 2.50 bits per heavy atom. The first-order valence-corrected chi connectivity index (χ1v) is 6.70. The second-order valence-electron chi connectivity index (χ2n) is 4.17. The molecule has 1 aromatic rings. The minimum Gasteiger partial charge on any atom is -0.378 e. The van der Waals surface area contributed by atoms with Gasteiger partial charge < -0.3 is 10.2 Å². The van der Waals surface area contributed by atoms with Crippen LogP contribution in [-0.4, -0.2) is 42.6 Å². The van der Waals surface area contributed by atoms with E-state index in [4.69, 9.17) is 0 Å². The molecule has 1 aliphatic heterocycles. The van der Waals surface area contributed by atoms with Gasteiger partial charge in [0.2, 0.25) is 5.91 Å². The van der Waals surface area contributed by atoms with E-state index in [9.17, 15) is 9.59 Å². The van der Waals surface area contributed by atoms with Crippen molar-refractivity contribution in [1.82, 2.24) is 4.90 Å². The van der Waals surface area contributed by atoms with E-state index in [1.165, 1.54) is 16.7 Å². The highest BCUT2D eigenvalue weighted by molar-refractivity contribution is 8.00. The van der Waals surface area contributed by atoms with Crippen LogP contribution in [0.4, 0.5) is 16.2 Å². The lowest BCUT2D eigenvalue weighted by molar-refractivity contribution is -0.123. The number of rotatable bonds is 2. The predicted molar refractivity (Wildman–Crippen MR) is 74.0 cm³/mol. The van der Waals surface area contributed by atoms with Crippen LogP contribution in [0.1, 0.15) is 0 Å². The summed E-state index contributed by atoms with van der Waals surface area (Å²) in [6, 6.07) is 7.11. The molecule has 1 N–H and O–H groups in total. The third kappa shape index (κ3) is 2.76. The third-order valence-electron chi connectivity index (χ3n) is 2.63. The molecule has 2 rings (SSSR count). The second-order valence-corrected chi connectivity index (χ2v) is 5.13. The van der Waals surface area contributed by atoms with Crippen LogP contribution in [0.5, 0.6) is 0 Å². The lowest BCUT2D eigenvalue weighted by Gasteiger charge is -2.15. The molecular weight excluding hydrogens is 250 g/mol. The van der Waals surface area contributed by atoms with E-state index in [2.05, 4.69) is 5.32 Å². The van der Waals surface area contributed by atoms with Gasteiger partial charge in [0, 0.05) is 25.5 Å². The van der Waals surface area contributed by atoms with Crippen LogP contribution in [-0.2, 0) is 4.79 Å². The molecule has 1 aliphatic rings. The highest BCUT2D eigenvalue weighted by atomic mass is 32.2. The Morgan fingerprint density at radius 2 is 2.00 bits per heavy atom. The summed E-state index contributed by atoms with van der Waals surface area (Å²) in [6.45, 7) is 0. The summed E-state index contributed by atoms with van der Waals surface area (Å²) in [5.41, 5.74) is 1.75. The zero-order valence-electron chi connectivity index (χ0n) is 10.3. The van der Waals surface area contributed by atoms with Crippen LogP contribution in [0.25, 0.3) is 0 Å². The molecule has 6 heteroatoms. The molecule has 1 saturated heterocycles. The Labute approximate surface area is 110 Å². The number of nitrogens with one attached hydrogen (secondary N) is 1. The predicted octanol–water partition coefficient (Wildman–Crippen LogP) is 1.82. The first-order valence-electron chi connectivity index (χ1n) is 5.54. The molecule has 5 nitrogen and oxygen atoms in total. The highest BCUT2D eigenvalue weighted by Gasteiger charge is 2.26. The van der Waals surface area contributed by atoms with Crippen molar-refractivity contribution in [2.75, 3.05) is 35.9 Å². The fraction of sp³-hybridized carbons (Fsp3) is 0.333. The molecule has 0 atom stereocenters. The maximum atomic E-state index is 11.8. The van der Waals surface area contributed by atoms with Gasteiger partial charge in [-0.1, -0.05) is 0 Å². The third-order valence-corrected chi connectivity index (χ3v) is 3.52. The summed E-state index contributed by atoms with van der Waals surface area (Å²) >= 11 is 1.44. The summed E-state index contributed by atoms with van der Waals surface area (Å²) in [4.78, 5) is 26.4. The Morgan fingerprint density at radius 1 is 1.33 bits per heavy atom. The number of hydrogen-bond donors (Lipinski definition) is 1. The quantitative estimate of drug-likeness (QED) is 0.886. The minimum absolute atomic E-state index is 0.137. The second kappa shape index (κ2) is 5.30. The van der Waals surface area contributed by atoms with E-state index in [0.717, 1.165) is 5.69 Å². The molecule has 1 fully saturated rings. The van der Waals surface area contributed by atoms with Gasteiger partial charge in [-0.25, -0.2) is 4.79 Å². The smallest absolute Gasteiger partial charge is 0.329 e. The first-order chi connectivity index (χ1) is 8.58. The van der Waals surface area contributed by atoms with Crippen molar-refractivity contribution in [2.24, 2.45) is 0 Å². The fourth-order valence-electron chi connectivity index (χ4n) is 1.58. The number of thioether (sulfide) groups is 1. The molecule has 18 heavy (non-hydrogen) atoms. The molecule has 0 saturated carbocycles. The van der Waals surface area contributed by atoms with Gasteiger partial charge in [0.05, 0.1) is 11.6 Å². The van der Waals surface area contributed by atoms with E-state index in [-0.39, 0.29) is 11.9 Å². The van der Waals surface area contributed by atoms with Gasteiger partial charge in [0.15, 0.2) is 0 Å². The van der Waals surface area contributed by atoms with E-state index < -0.39 is 0 Å². The Balaban J connectivity index is 2.01. The molecule has 0 bridgehead atoms. The number of benzene rings is 1. The number of amides is 3. The van der Waals surface area contributed by atoms with E-state index in [0.29, 0.717) is 17.3 Å². The number of carbonyl (C=O) groups excluding carboxylic acids is 2. The summed E-state index contributed by atoms with van der Waals surface area (Å²) in [5.74, 6) is 0.676. The zero-order chi connectivity index (χ0) is 13.1. The molecule has 0 aliphatic carbocycles. The summed E-state index contributed by atoms with van der Waals surface area (Å²) in [7, 11) is 3.90. The van der Waals surface area contributed by atoms with Crippen molar-refractivity contribution in [1.29, 1.82) is 0 Å². The summed E-state index contributed by atoms with van der Waals surface area (Å²) in [5, 5.41) is 2.71. The topological polar surface area (TPSA) is 52.7 Å². The van der Waals surface area contributed by atoms with Gasteiger partial charge in [-0.15, -0.1) is 11.8 Å². The van der Waals surface area contributed by atoms with Crippen molar-refractivity contribution in [3.8, 4) is 0 Å². The average molecular weight is 265 g/mol. The molecule has 0 unspecified atom stereocenters. The summed E-state index contributed by atoms with van der Waals surface area (Å²) < 4.78 is 0. The maximum Gasteiger partial charge on any atom is 0.329 e.